The largest absolute Gasteiger partial charge is 0.465 e. The maximum absolute atomic E-state index is 12.2. The number of rotatable bonds is 7. The summed E-state index contributed by atoms with van der Waals surface area (Å²) in [5.41, 5.74) is -0.588. The van der Waals surface area contributed by atoms with Crippen LogP contribution < -0.4 is 5.32 Å². The fraction of sp³-hybridized carbons (Fsp3) is 0.938. The Morgan fingerprint density at radius 3 is 2.55 bits per heavy atom. The molecule has 20 heavy (non-hydrogen) atoms. The van der Waals surface area contributed by atoms with Crippen molar-refractivity contribution >= 4 is 5.97 Å². The van der Waals surface area contributed by atoms with Crippen LogP contribution >= 0.6 is 0 Å². The molecule has 0 aliphatic carbocycles. The fourth-order valence-corrected chi connectivity index (χ4v) is 3.23. The van der Waals surface area contributed by atoms with E-state index in [1.165, 1.54) is 6.42 Å². The minimum atomic E-state index is -0.588. The molecule has 3 unspecified atom stereocenters. The normalized spacial score (nSPS) is 26.8. The molecule has 118 valence electrons. The van der Waals surface area contributed by atoms with Gasteiger partial charge in [0.05, 0.1) is 6.61 Å². The van der Waals surface area contributed by atoms with Crippen molar-refractivity contribution in [1.29, 1.82) is 0 Å². The highest BCUT2D eigenvalue weighted by Gasteiger charge is 2.36. The highest BCUT2D eigenvalue weighted by Crippen LogP contribution is 2.24. The third-order valence-electron chi connectivity index (χ3n) is 4.15. The first kappa shape index (κ1) is 17.4. The van der Waals surface area contributed by atoms with Crippen molar-refractivity contribution < 1.29 is 9.53 Å². The van der Waals surface area contributed by atoms with Gasteiger partial charge < -0.3 is 9.64 Å². The first-order valence-corrected chi connectivity index (χ1v) is 7.97. The average Bonchev–Trinajstić information content (AvgIpc) is 2.65. The van der Waals surface area contributed by atoms with E-state index >= 15 is 0 Å². The van der Waals surface area contributed by atoms with Crippen molar-refractivity contribution in [2.75, 3.05) is 19.7 Å². The molecule has 0 amide bonds. The molecule has 1 rings (SSSR count). The van der Waals surface area contributed by atoms with Crippen LogP contribution in [0.15, 0.2) is 0 Å². The van der Waals surface area contributed by atoms with Crippen molar-refractivity contribution in [2.24, 2.45) is 5.92 Å². The van der Waals surface area contributed by atoms with Gasteiger partial charge in [0, 0.05) is 25.2 Å². The van der Waals surface area contributed by atoms with Gasteiger partial charge in [0.25, 0.3) is 0 Å². The Labute approximate surface area is 124 Å². The second kappa shape index (κ2) is 7.41. The molecule has 1 heterocycles. The van der Waals surface area contributed by atoms with Gasteiger partial charge in [-0.05, 0) is 53.4 Å². The summed E-state index contributed by atoms with van der Waals surface area (Å²) in [6, 6.07) is 0.884. The van der Waals surface area contributed by atoms with Crippen LogP contribution in [0.1, 0.15) is 54.4 Å². The van der Waals surface area contributed by atoms with E-state index in [0.717, 1.165) is 25.4 Å². The van der Waals surface area contributed by atoms with E-state index in [-0.39, 0.29) is 12.0 Å². The zero-order valence-corrected chi connectivity index (χ0v) is 14.0. The van der Waals surface area contributed by atoms with E-state index in [0.29, 0.717) is 12.6 Å². The van der Waals surface area contributed by atoms with E-state index in [4.69, 9.17) is 4.74 Å². The van der Waals surface area contributed by atoms with Crippen molar-refractivity contribution in [1.82, 2.24) is 10.2 Å². The van der Waals surface area contributed by atoms with Crippen molar-refractivity contribution in [3.63, 3.8) is 0 Å². The van der Waals surface area contributed by atoms with Crippen LogP contribution in [-0.2, 0) is 9.53 Å². The van der Waals surface area contributed by atoms with Gasteiger partial charge in [0.1, 0.15) is 5.54 Å². The second-order valence-corrected chi connectivity index (χ2v) is 6.79. The molecule has 0 spiro atoms. The Morgan fingerprint density at radius 1 is 1.45 bits per heavy atom. The molecule has 0 aromatic carbocycles. The Balaban J connectivity index is 2.62. The number of likely N-dealkylation sites (tertiary alicyclic amines) is 1. The molecular weight excluding hydrogens is 252 g/mol. The highest BCUT2D eigenvalue weighted by molar-refractivity contribution is 5.80. The van der Waals surface area contributed by atoms with Gasteiger partial charge in [0.2, 0.25) is 0 Å². The first-order chi connectivity index (χ1) is 9.28. The van der Waals surface area contributed by atoms with E-state index in [1.54, 1.807) is 0 Å². The molecule has 0 bridgehead atoms. The quantitative estimate of drug-likeness (QED) is 0.729. The number of nitrogens with zero attached hydrogens (tertiary/aromatic N) is 1. The SMILES string of the molecule is CCOC(=O)C(C)(CCN1CC(C)CC1C)NC(C)C. The fourth-order valence-electron chi connectivity index (χ4n) is 3.23. The molecule has 1 saturated heterocycles. The molecule has 1 N–H and O–H groups in total. The summed E-state index contributed by atoms with van der Waals surface area (Å²) in [7, 11) is 0. The monoisotopic (exact) mass is 284 g/mol. The third-order valence-corrected chi connectivity index (χ3v) is 4.15. The maximum atomic E-state index is 12.2. The number of ether oxygens (including phenoxy) is 1. The Morgan fingerprint density at radius 2 is 2.10 bits per heavy atom. The molecule has 1 fully saturated rings. The number of nitrogens with one attached hydrogen (secondary N) is 1. The Kier molecular flexibility index (Phi) is 6.46. The number of hydrogen-bond donors (Lipinski definition) is 1. The molecule has 0 saturated carbocycles. The lowest BCUT2D eigenvalue weighted by molar-refractivity contribution is -0.151. The Bertz CT molecular complexity index is 320. The van der Waals surface area contributed by atoms with Gasteiger partial charge in [-0.1, -0.05) is 6.92 Å². The molecule has 3 atom stereocenters. The van der Waals surface area contributed by atoms with Gasteiger partial charge in [0.15, 0.2) is 0 Å². The molecule has 0 radical (unpaired) electrons. The minimum absolute atomic E-state index is 0.131. The standard InChI is InChI=1S/C16H32N2O2/c1-7-20-15(19)16(6,17-12(2)3)8-9-18-11-13(4)10-14(18)5/h12-14,17H,7-11H2,1-6H3. The third kappa shape index (κ3) is 4.74. The van der Waals surface area contributed by atoms with E-state index in [2.05, 4.69) is 37.9 Å². The van der Waals surface area contributed by atoms with Crippen LogP contribution in [0.2, 0.25) is 0 Å². The van der Waals surface area contributed by atoms with Crippen molar-refractivity contribution in [2.45, 2.75) is 72.0 Å². The average molecular weight is 284 g/mol. The summed E-state index contributed by atoms with van der Waals surface area (Å²) in [4.78, 5) is 14.7. The lowest BCUT2D eigenvalue weighted by Crippen LogP contribution is -2.54. The molecule has 1 aliphatic rings. The number of carbonyl (C=O) groups excluding carboxylic acids is 1. The summed E-state index contributed by atoms with van der Waals surface area (Å²) in [6.07, 6.45) is 2.05. The van der Waals surface area contributed by atoms with Gasteiger partial charge >= 0.3 is 5.97 Å². The van der Waals surface area contributed by atoms with Crippen LogP contribution in [0.5, 0.6) is 0 Å². The van der Waals surface area contributed by atoms with Crippen LogP contribution in [0.25, 0.3) is 0 Å². The van der Waals surface area contributed by atoms with Crippen LogP contribution in [0.3, 0.4) is 0 Å². The molecule has 0 aromatic rings. The second-order valence-electron chi connectivity index (χ2n) is 6.79. The number of hydrogen-bond acceptors (Lipinski definition) is 4. The highest BCUT2D eigenvalue weighted by atomic mass is 16.5. The summed E-state index contributed by atoms with van der Waals surface area (Å²) >= 11 is 0. The Hall–Kier alpha value is -0.610. The van der Waals surface area contributed by atoms with E-state index in [9.17, 15) is 4.79 Å². The number of carbonyl (C=O) groups is 1. The summed E-state index contributed by atoms with van der Waals surface area (Å²) < 4.78 is 5.25. The predicted octanol–water partition coefficient (Wildman–Crippen LogP) is 2.43. The van der Waals surface area contributed by atoms with E-state index < -0.39 is 5.54 Å². The summed E-state index contributed by atoms with van der Waals surface area (Å²) in [6.45, 7) is 15.1. The number of esters is 1. The zero-order chi connectivity index (χ0) is 15.3. The topological polar surface area (TPSA) is 41.6 Å². The molecule has 4 nitrogen and oxygen atoms in total. The summed E-state index contributed by atoms with van der Waals surface area (Å²) in [5.74, 6) is 0.630. The van der Waals surface area contributed by atoms with Crippen molar-refractivity contribution in [3.05, 3.63) is 0 Å². The lowest BCUT2D eigenvalue weighted by Gasteiger charge is -2.33. The molecular formula is C16H32N2O2. The molecule has 1 aliphatic heterocycles. The lowest BCUT2D eigenvalue weighted by atomic mass is 9.96. The van der Waals surface area contributed by atoms with Crippen molar-refractivity contribution in [3.8, 4) is 0 Å². The summed E-state index contributed by atoms with van der Waals surface area (Å²) in [5, 5.41) is 3.39. The van der Waals surface area contributed by atoms with Crippen LogP contribution in [0.4, 0.5) is 0 Å². The van der Waals surface area contributed by atoms with Crippen LogP contribution in [0, 0.1) is 5.92 Å². The minimum Gasteiger partial charge on any atom is -0.465 e. The maximum Gasteiger partial charge on any atom is 0.326 e. The smallest absolute Gasteiger partial charge is 0.326 e. The van der Waals surface area contributed by atoms with Gasteiger partial charge in [-0.25, -0.2) is 0 Å². The predicted molar refractivity (Wildman–Crippen MR) is 82.7 cm³/mol. The van der Waals surface area contributed by atoms with Gasteiger partial charge in [-0.3, -0.25) is 10.1 Å². The zero-order valence-electron chi connectivity index (χ0n) is 14.0. The first-order valence-electron chi connectivity index (χ1n) is 7.97. The van der Waals surface area contributed by atoms with Gasteiger partial charge in [-0.15, -0.1) is 0 Å². The molecule has 4 heteroatoms. The van der Waals surface area contributed by atoms with Crippen LogP contribution in [-0.4, -0.2) is 48.2 Å². The molecule has 0 aromatic heterocycles. The van der Waals surface area contributed by atoms with E-state index in [1.807, 2.05) is 13.8 Å². The van der Waals surface area contributed by atoms with Gasteiger partial charge in [-0.2, -0.15) is 0 Å².